The number of nitro groups is 1. The van der Waals surface area contributed by atoms with E-state index in [1.54, 1.807) is 30.3 Å². The zero-order valence-corrected chi connectivity index (χ0v) is 13.7. The lowest BCUT2D eigenvalue weighted by Gasteiger charge is -2.07. The summed E-state index contributed by atoms with van der Waals surface area (Å²) in [6.07, 6.45) is 0.667. The van der Waals surface area contributed by atoms with Gasteiger partial charge in [-0.2, -0.15) is 0 Å². The van der Waals surface area contributed by atoms with Crippen molar-refractivity contribution in [3.05, 3.63) is 69.8 Å². The summed E-state index contributed by atoms with van der Waals surface area (Å²) in [5.74, 6) is -0.293. The molecule has 2 aromatic carbocycles. The minimum Gasteiger partial charge on any atom is -0.478 e. The summed E-state index contributed by atoms with van der Waals surface area (Å²) in [5.41, 5.74) is 1.27. The normalized spacial score (nSPS) is 10.1. The van der Waals surface area contributed by atoms with Gasteiger partial charge in [0, 0.05) is 25.1 Å². The van der Waals surface area contributed by atoms with Crippen molar-refractivity contribution in [3.8, 4) is 5.75 Å². The summed E-state index contributed by atoms with van der Waals surface area (Å²) in [6.45, 7) is 1.71. The van der Waals surface area contributed by atoms with E-state index in [9.17, 15) is 19.7 Å². The molecule has 0 saturated carbocycles. The number of ether oxygens (including phenoxy) is 1. The third kappa shape index (κ3) is 5.42. The molecule has 0 spiro atoms. The minimum absolute atomic E-state index is 0.0628. The molecule has 0 atom stereocenters. The van der Waals surface area contributed by atoms with E-state index in [0.717, 1.165) is 5.56 Å². The molecule has 25 heavy (non-hydrogen) atoms. The van der Waals surface area contributed by atoms with Crippen LogP contribution in [0.5, 0.6) is 5.75 Å². The second-order valence-corrected chi connectivity index (χ2v) is 5.37. The van der Waals surface area contributed by atoms with E-state index in [1.165, 1.54) is 25.1 Å². The fourth-order valence-electron chi connectivity index (χ4n) is 2.20. The number of nitrogens with zero attached hydrogens (tertiary/aromatic N) is 1. The molecule has 0 aliphatic carbocycles. The van der Waals surface area contributed by atoms with Crippen LogP contribution in [0, 0.1) is 10.1 Å². The first-order valence-corrected chi connectivity index (χ1v) is 7.70. The lowest BCUT2D eigenvalue weighted by atomic mass is 10.1. The first-order chi connectivity index (χ1) is 12.0. The Morgan fingerprint density at radius 3 is 2.44 bits per heavy atom. The number of benzene rings is 2. The zero-order valence-electron chi connectivity index (χ0n) is 13.7. The lowest BCUT2D eigenvalue weighted by molar-refractivity contribution is -0.385. The van der Waals surface area contributed by atoms with Crippen LogP contribution < -0.4 is 10.1 Å². The number of hydrogen-bond donors (Lipinski definition) is 1. The fraction of sp³-hybridized carbons (Fsp3) is 0.222. The number of nitrogens with one attached hydrogen (secondary N) is 1. The number of amides is 1. The van der Waals surface area contributed by atoms with E-state index >= 15 is 0 Å². The molecule has 0 aliphatic rings. The maximum absolute atomic E-state index is 12.2. The van der Waals surface area contributed by atoms with Gasteiger partial charge in [-0.25, -0.2) is 0 Å². The highest BCUT2D eigenvalue weighted by molar-refractivity contribution is 5.97. The Hall–Kier alpha value is -3.22. The van der Waals surface area contributed by atoms with Crippen molar-refractivity contribution in [1.82, 2.24) is 5.32 Å². The summed E-state index contributed by atoms with van der Waals surface area (Å²) in [6, 6.07) is 12.9. The molecule has 0 saturated heterocycles. The van der Waals surface area contributed by atoms with Gasteiger partial charge in [-0.05, 0) is 18.1 Å². The molecule has 0 fully saturated rings. The molecule has 2 aromatic rings. The molecule has 0 heterocycles. The molecule has 130 valence electrons. The number of Topliss-reactive ketones (excluding diaryl/α,β-unsaturated/α-hetero) is 1. The van der Waals surface area contributed by atoms with Crippen molar-refractivity contribution in [1.29, 1.82) is 0 Å². The summed E-state index contributed by atoms with van der Waals surface area (Å²) < 4.78 is 5.30. The quantitative estimate of drug-likeness (QED) is 0.451. The van der Waals surface area contributed by atoms with Crippen LogP contribution in [0.4, 0.5) is 5.69 Å². The van der Waals surface area contributed by atoms with Gasteiger partial charge >= 0.3 is 5.69 Å². The second kappa shape index (κ2) is 8.58. The van der Waals surface area contributed by atoms with Gasteiger partial charge in [0.15, 0.2) is 18.1 Å². The Morgan fingerprint density at radius 1 is 1.12 bits per heavy atom. The molecule has 0 radical (unpaired) electrons. The van der Waals surface area contributed by atoms with Gasteiger partial charge in [0.1, 0.15) is 0 Å². The standard InChI is InChI=1S/C18H18N2O5/c1-13(21)19-11-10-14-6-8-15(9-7-14)17(22)12-25-18-5-3-2-4-16(18)20(23)24/h2-9H,10-12H2,1H3,(H,19,21). The summed E-state index contributed by atoms with van der Waals surface area (Å²) in [5, 5.41) is 13.6. The zero-order chi connectivity index (χ0) is 18.2. The molecule has 7 heteroatoms. The lowest BCUT2D eigenvalue weighted by Crippen LogP contribution is -2.22. The van der Waals surface area contributed by atoms with Gasteiger partial charge in [-0.15, -0.1) is 0 Å². The van der Waals surface area contributed by atoms with Gasteiger partial charge < -0.3 is 10.1 Å². The molecule has 7 nitrogen and oxygen atoms in total. The molecule has 0 bridgehead atoms. The monoisotopic (exact) mass is 342 g/mol. The largest absolute Gasteiger partial charge is 0.478 e. The number of para-hydroxylation sites is 2. The van der Waals surface area contributed by atoms with Gasteiger partial charge in [0.2, 0.25) is 5.91 Å². The number of ketones is 1. The number of rotatable bonds is 8. The van der Waals surface area contributed by atoms with Crippen molar-refractivity contribution in [2.45, 2.75) is 13.3 Å². The van der Waals surface area contributed by atoms with E-state index in [0.29, 0.717) is 18.5 Å². The van der Waals surface area contributed by atoms with Crippen molar-refractivity contribution in [2.75, 3.05) is 13.2 Å². The third-order valence-electron chi connectivity index (χ3n) is 3.48. The highest BCUT2D eigenvalue weighted by Crippen LogP contribution is 2.25. The molecular formula is C18H18N2O5. The number of hydrogen-bond acceptors (Lipinski definition) is 5. The molecule has 1 amide bonds. The minimum atomic E-state index is -0.552. The smallest absolute Gasteiger partial charge is 0.310 e. The van der Waals surface area contributed by atoms with Crippen LogP contribution in [0.1, 0.15) is 22.8 Å². The van der Waals surface area contributed by atoms with Crippen LogP contribution in [-0.2, 0) is 11.2 Å². The van der Waals surface area contributed by atoms with Gasteiger partial charge in [-0.3, -0.25) is 19.7 Å². The van der Waals surface area contributed by atoms with Crippen LogP contribution >= 0.6 is 0 Å². The summed E-state index contributed by atoms with van der Waals surface area (Å²) in [4.78, 5) is 33.3. The Morgan fingerprint density at radius 2 is 1.80 bits per heavy atom. The second-order valence-electron chi connectivity index (χ2n) is 5.37. The van der Waals surface area contributed by atoms with Gasteiger partial charge in [-0.1, -0.05) is 36.4 Å². The van der Waals surface area contributed by atoms with Crippen molar-refractivity contribution < 1.29 is 19.2 Å². The maximum Gasteiger partial charge on any atom is 0.310 e. The van der Waals surface area contributed by atoms with Crippen LogP contribution in [0.15, 0.2) is 48.5 Å². The Bertz CT molecular complexity index is 771. The third-order valence-corrected chi connectivity index (χ3v) is 3.48. The van der Waals surface area contributed by atoms with Crippen molar-refractivity contribution in [2.24, 2.45) is 0 Å². The van der Waals surface area contributed by atoms with Crippen LogP contribution in [0.3, 0.4) is 0 Å². The van der Waals surface area contributed by atoms with E-state index in [1.807, 2.05) is 0 Å². The highest BCUT2D eigenvalue weighted by Gasteiger charge is 2.15. The van der Waals surface area contributed by atoms with Gasteiger partial charge in [0.05, 0.1) is 4.92 Å². The molecular weight excluding hydrogens is 324 g/mol. The van der Waals surface area contributed by atoms with Crippen LogP contribution in [-0.4, -0.2) is 29.8 Å². The average Bonchev–Trinajstić information content (AvgIpc) is 2.60. The molecule has 0 unspecified atom stereocenters. The average molecular weight is 342 g/mol. The Labute approximate surface area is 144 Å². The summed E-state index contributed by atoms with van der Waals surface area (Å²) in [7, 11) is 0. The van der Waals surface area contributed by atoms with Crippen LogP contribution in [0.2, 0.25) is 0 Å². The SMILES string of the molecule is CC(=O)NCCc1ccc(C(=O)COc2ccccc2[N+](=O)[O-])cc1. The van der Waals surface area contributed by atoms with E-state index in [2.05, 4.69) is 5.32 Å². The fourth-order valence-corrected chi connectivity index (χ4v) is 2.20. The first-order valence-electron chi connectivity index (χ1n) is 7.70. The predicted octanol–water partition coefficient (Wildman–Crippen LogP) is 2.54. The Balaban J connectivity index is 1.93. The predicted molar refractivity (Wildman–Crippen MR) is 91.8 cm³/mol. The molecule has 0 aliphatic heterocycles. The number of carbonyl (C=O) groups is 2. The summed E-state index contributed by atoms with van der Waals surface area (Å²) >= 11 is 0. The number of carbonyl (C=O) groups excluding carboxylic acids is 2. The maximum atomic E-state index is 12.2. The number of nitro benzene ring substituents is 1. The van der Waals surface area contributed by atoms with Crippen molar-refractivity contribution in [3.63, 3.8) is 0 Å². The van der Waals surface area contributed by atoms with E-state index in [-0.39, 0.29) is 29.7 Å². The van der Waals surface area contributed by atoms with Crippen molar-refractivity contribution >= 4 is 17.4 Å². The topological polar surface area (TPSA) is 98.5 Å². The molecule has 1 N–H and O–H groups in total. The molecule has 2 rings (SSSR count). The van der Waals surface area contributed by atoms with Crippen LogP contribution in [0.25, 0.3) is 0 Å². The first kappa shape index (κ1) is 18.1. The highest BCUT2D eigenvalue weighted by atomic mass is 16.6. The molecule has 0 aromatic heterocycles. The van der Waals surface area contributed by atoms with E-state index < -0.39 is 4.92 Å². The Kier molecular flexibility index (Phi) is 6.22. The van der Waals surface area contributed by atoms with Gasteiger partial charge in [0.25, 0.3) is 0 Å². The van der Waals surface area contributed by atoms with E-state index in [4.69, 9.17) is 4.74 Å².